The van der Waals surface area contributed by atoms with Crippen molar-refractivity contribution < 1.29 is 14.3 Å². The Balaban J connectivity index is 1.25. The van der Waals surface area contributed by atoms with Gasteiger partial charge in [0.15, 0.2) is 0 Å². The molecule has 1 atom stereocenters. The lowest BCUT2D eigenvalue weighted by Gasteiger charge is -2.41. The maximum Gasteiger partial charge on any atom is 0.249 e. The Morgan fingerprint density at radius 2 is 1.55 bits per heavy atom. The Morgan fingerprint density at radius 3 is 2.13 bits per heavy atom. The van der Waals surface area contributed by atoms with Crippen molar-refractivity contribution in [2.24, 2.45) is 4.99 Å². The highest BCUT2D eigenvalue weighted by atomic mass is 16.5. The van der Waals surface area contributed by atoms with E-state index in [1.54, 1.807) is 24.3 Å². The molecule has 8 heteroatoms. The number of piperazine rings is 1. The zero-order valence-corrected chi connectivity index (χ0v) is 21.5. The highest BCUT2D eigenvalue weighted by molar-refractivity contribution is 6.06. The minimum absolute atomic E-state index is 0.0242. The van der Waals surface area contributed by atoms with Gasteiger partial charge in [-0.05, 0) is 42.3 Å². The number of anilines is 1. The first kappa shape index (κ1) is 25.5. The van der Waals surface area contributed by atoms with Crippen LogP contribution in [0.1, 0.15) is 30.5 Å². The van der Waals surface area contributed by atoms with E-state index in [4.69, 9.17) is 4.74 Å². The van der Waals surface area contributed by atoms with Gasteiger partial charge in [0.25, 0.3) is 0 Å². The molecule has 196 valence electrons. The normalized spacial score (nSPS) is 18.1. The number of hydrogen-bond acceptors (Lipinski definition) is 6. The van der Waals surface area contributed by atoms with Gasteiger partial charge in [-0.1, -0.05) is 60.7 Å². The van der Waals surface area contributed by atoms with E-state index in [-0.39, 0.29) is 24.3 Å². The van der Waals surface area contributed by atoms with Crippen LogP contribution in [0.15, 0.2) is 89.9 Å². The second kappa shape index (κ2) is 11.9. The van der Waals surface area contributed by atoms with Gasteiger partial charge in [-0.2, -0.15) is 0 Å². The Hall–Kier alpha value is -4.17. The molecule has 1 fully saturated rings. The zero-order valence-electron chi connectivity index (χ0n) is 21.5. The van der Waals surface area contributed by atoms with Crippen LogP contribution in [-0.4, -0.2) is 66.4 Å². The van der Waals surface area contributed by atoms with Gasteiger partial charge in [0.05, 0.1) is 19.1 Å². The van der Waals surface area contributed by atoms with Crippen molar-refractivity contribution in [2.75, 3.05) is 38.1 Å². The number of carbonyl (C=O) groups is 2. The van der Waals surface area contributed by atoms with Gasteiger partial charge in [-0.25, -0.2) is 4.99 Å². The van der Waals surface area contributed by atoms with Crippen LogP contribution in [0, 0.1) is 0 Å². The summed E-state index contributed by atoms with van der Waals surface area (Å²) in [5.74, 6) is 0.719. The molecular weight excluding hydrogens is 478 g/mol. The van der Waals surface area contributed by atoms with E-state index in [1.165, 1.54) is 11.1 Å². The average Bonchev–Trinajstić information content (AvgIpc) is 2.96. The summed E-state index contributed by atoms with van der Waals surface area (Å²) in [6.45, 7) is 5.49. The molecule has 2 aliphatic rings. The molecule has 0 saturated carbocycles. The van der Waals surface area contributed by atoms with E-state index in [9.17, 15) is 9.59 Å². The van der Waals surface area contributed by atoms with Crippen LogP contribution in [0.5, 0.6) is 5.75 Å². The summed E-state index contributed by atoms with van der Waals surface area (Å²) in [7, 11) is 0. The Kier molecular flexibility index (Phi) is 7.99. The number of nitrogens with zero attached hydrogens (tertiary/aromatic N) is 3. The summed E-state index contributed by atoms with van der Waals surface area (Å²) in [4.78, 5) is 34.6. The minimum Gasteiger partial charge on any atom is -0.494 e. The molecule has 0 radical (unpaired) electrons. The number of benzene rings is 3. The molecule has 3 aromatic carbocycles. The predicted molar refractivity (Wildman–Crippen MR) is 148 cm³/mol. The molecule has 2 aliphatic heterocycles. The summed E-state index contributed by atoms with van der Waals surface area (Å²) < 4.78 is 5.45. The molecular formula is C30H33N5O3. The first-order valence-electron chi connectivity index (χ1n) is 13.1. The largest absolute Gasteiger partial charge is 0.494 e. The van der Waals surface area contributed by atoms with E-state index >= 15 is 0 Å². The zero-order chi connectivity index (χ0) is 26.3. The lowest BCUT2D eigenvalue weighted by atomic mass is 9.96. The van der Waals surface area contributed by atoms with Crippen LogP contribution >= 0.6 is 0 Å². The fourth-order valence-corrected chi connectivity index (χ4v) is 4.99. The molecule has 0 bridgehead atoms. The smallest absolute Gasteiger partial charge is 0.249 e. The highest BCUT2D eigenvalue weighted by Gasteiger charge is 2.32. The molecule has 38 heavy (non-hydrogen) atoms. The molecule has 1 saturated heterocycles. The summed E-state index contributed by atoms with van der Waals surface area (Å²) in [6, 6.07) is 27.6. The summed E-state index contributed by atoms with van der Waals surface area (Å²) in [5.41, 5.74) is 3.14. The number of aliphatic imine (C=N–C) groups is 1. The Labute approximate surface area is 223 Å². The maximum absolute atomic E-state index is 13.0. The van der Waals surface area contributed by atoms with Crippen molar-refractivity contribution in [3.63, 3.8) is 0 Å². The van der Waals surface area contributed by atoms with Gasteiger partial charge in [-0.15, -0.1) is 0 Å². The van der Waals surface area contributed by atoms with Gasteiger partial charge in [0.1, 0.15) is 11.8 Å². The third-order valence-electron chi connectivity index (χ3n) is 6.85. The van der Waals surface area contributed by atoms with Crippen molar-refractivity contribution in [3.05, 3.63) is 96.1 Å². The number of ether oxygens (including phenoxy) is 1. The van der Waals surface area contributed by atoms with E-state index in [2.05, 4.69) is 74.0 Å². The monoisotopic (exact) mass is 511 g/mol. The van der Waals surface area contributed by atoms with Gasteiger partial charge in [0, 0.05) is 31.9 Å². The molecule has 8 nitrogen and oxygen atoms in total. The van der Waals surface area contributed by atoms with Crippen LogP contribution in [0.25, 0.3) is 0 Å². The van der Waals surface area contributed by atoms with Crippen molar-refractivity contribution in [3.8, 4) is 5.75 Å². The summed E-state index contributed by atoms with van der Waals surface area (Å²) >= 11 is 0. The lowest BCUT2D eigenvalue weighted by molar-refractivity contribution is -0.125. The van der Waals surface area contributed by atoms with Crippen LogP contribution in [0.3, 0.4) is 0 Å². The number of amides is 2. The fourth-order valence-electron chi connectivity index (χ4n) is 4.99. The molecule has 0 spiro atoms. The molecule has 5 rings (SSSR count). The molecule has 0 aliphatic carbocycles. The molecule has 2 heterocycles. The first-order chi connectivity index (χ1) is 18.6. The SMILES string of the molecule is CCOc1ccc(NC(=O)C2CC(=O)NC(N3CCN(C(c4ccccc4)c4ccccc4)CC3)=N2)cc1. The quantitative estimate of drug-likeness (QED) is 0.506. The summed E-state index contributed by atoms with van der Waals surface area (Å²) in [6.07, 6.45) is 0.0242. The molecule has 2 N–H and O–H groups in total. The molecule has 3 aromatic rings. The molecule has 2 amide bonds. The Bertz CT molecular complexity index is 1220. The second-order valence-corrected chi connectivity index (χ2v) is 9.41. The van der Waals surface area contributed by atoms with Gasteiger partial charge < -0.3 is 15.0 Å². The molecule has 0 aromatic heterocycles. The van der Waals surface area contributed by atoms with Crippen molar-refractivity contribution in [1.82, 2.24) is 15.1 Å². The van der Waals surface area contributed by atoms with E-state index in [1.807, 2.05) is 19.1 Å². The topological polar surface area (TPSA) is 86.3 Å². The van der Waals surface area contributed by atoms with Gasteiger partial charge >= 0.3 is 0 Å². The first-order valence-corrected chi connectivity index (χ1v) is 13.1. The predicted octanol–water partition coefficient (Wildman–Crippen LogP) is 3.68. The van der Waals surface area contributed by atoms with Crippen LogP contribution in [0.4, 0.5) is 5.69 Å². The van der Waals surface area contributed by atoms with E-state index < -0.39 is 6.04 Å². The number of rotatable bonds is 7. The van der Waals surface area contributed by atoms with Crippen molar-refractivity contribution in [2.45, 2.75) is 25.4 Å². The lowest BCUT2D eigenvalue weighted by Crippen LogP contribution is -2.56. The average molecular weight is 512 g/mol. The summed E-state index contributed by atoms with van der Waals surface area (Å²) in [5, 5.41) is 5.76. The van der Waals surface area contributed by atoms with E-state index in [0.29, 0.717) is 31.3 Å². The number of guanidine groups is 1. The third kappa shape index (κ3) is 6.03. The maximum atomic E-state index is 13.0. The number of carbonyl (C=O) groups excluding carboxylic acids is 2. The second-order valence-electron chi connectivity index (χ2n) is 9.41. The van der Waals surface area contributed by atoms with Crippen LogP contribution < -0.4 is 15.4 Å². The van der Waals surface area contributed by atoms with Crippen molar-refractivity contribution in [1.29, 1.82) is 0 Å². The fraction of sp³-hybridized carbons (Fsp3) is 0.300. The van der Waals surface area contributed by atoms with Crippen molar-refractivity contribution >= 4 is 23.5 Å². The standard InChI is InChI=1S/C30H33N5O3/c1-2-38-25-15-13-24(14-16-25)31-29(37)26-21-27(36)33-30(32-26)35-19-17-34(18-20-35)28(22-9-5-3-6-10-22)23-11-7-4-8-12-23/h3-16,26,28H,2,17-21H2,1H3,(H,31,37)(H,32,33,36). The van der Waals surface area contributed by atoms with Crippen LogP contribution in [-0.2, 0) is 9.59 Å². The number of nitrogens with one attached hydrogen (secondary N) is 2. The van der Waals surface area contributed by atoms with Gasteiger partial charge in [-0.3, -0.25) is 19.8 Å². The Morgan fingerprint density at radius 1 is 0.947 bits per heavy atom. The third-order valence-corrected chi connectivity index (χ3v) is 6.85. The minimum atomic E-state index is -0.773. The van der Waals surface area contributed by atoms with Crippen LogP contribution in [0.2, 0.25) is 0 Å². The molecule has 1 unspecified atom stereocenters. The van der Waals surface area contributed by atoms with E-state index in [0.717, 1.165) is 18.8 Å². The van der Waals surface area contributed by atoms with Gasteiger partial charge in [0.2, 0.25) is 17.8 Å². The highest BCUT2D eigenvalue weighted by Crippen LogP contribution is 2.29. The number of hydrogen-bond donors (Lipinski definition) is 2.